The Bertz CT molecular complexity index is 1300. The molecular weight excluding hydrogens is 435 g/mol. The van der Waals surface area contributed by atoms with Crippen LogP contribution in [0.2, 0.25) is 5.02 Å². The molecule has 4 aromatic rings. The molecule has 3 N–H and O–H groups in total. The van der Waals surface area contributed by atoms with Gasteiger partial charge in [-0.3, -0.25) is 0 Å². The highest BCUT2D eigenvalue weighted by atomic mass is 35.5. The van der Waals surface area contributed by atoms with E-state index in [2.05, 4.69) is 27.1 Å². The lowest BCUT2D eigenvalue weighted by atomic mass is 10.2. The van der Waals surface area contributed by atoms with E-state index in [1.807, 2.05) is 19.1 Å². The van der Waals surface area contributed by atoms with Crippen molar-refractivity contribution in [1.29, 1.82) is 0 Å². The first-order valence-electron chi connectivity index (χ1n) is 9.43. The van der Waals surface area contributed by atoms with Crippen LogP contribution in [0.1, 0.15) is 17.4 Å². The molecule has 0 aliphatic heterocycles. The average Bonchev–Trinajstić information content (AvgIpc) is 3.16. The van der Waals surface area contributed by atoms with Gasteiger partial charge in [0.05, 0.1) is 26.2 Å². The fraction of sp³-hybridized carbons (Fsp3) is 0.130. The molecule has 0 spiro atoms. The van der Waals surface area contributed by atoms with E-state index < -0.39 is 0 Å². The van der Waals surface area contributed by atoms with Gasteiger partial charge < -0.3 is 15.8 Å². The van der Waals surface area contributed by atoms with E-state index in [0.717, 1.165) is 26.3 Å². The topological polar surface area (TPSA) is 73.1 Å². The summed E-state index contributed by atoms with van der Waals surface area (Å²) in [6, 6.07) is 13.3. The van der Waals surface area contributed by atoms with E-state index in [-0.39, 0.29) is 18.5 Å². The highest BCUT2D eigenvalue weighted by Gasteiger charge is 2.10. The van der Waals surface area contributed by atoms with Gasteiger partial charge in [0.15, 0.2) is 5.82 Å². The van der Waals surface area contributed by atoms with Crippen LogP contribution in [-0.4, -0.2) is 16.0 Å². The molecule has 0 saturated heterocycles. The van der Waals surface area contributed by atoms with Gasteiger partial charge in [0.25, 0.3) is 0 Å². The van der Waals surface area contributed by atoms with E-state index in [1.165, 1.54) is 29.8 Å². The zero-order chi connectivity index (χ0) is 21.8. The van der Waals surface area contributed by atoms with Gasteiger partial charge in [-0.1, -0.05) is 35.6 Å². The van der Waals surface area contributed by atoms with Gasteiger partial charge in [0.1, 0.15) is 24.5 Å². The van der Waals surface area contributed by atoms with Gasteiger partial charge >= 0.3 is 0 Å². The van der Waals surface area contributed by atoms with E-state index in [0.29, 0.717) is 16.6 Å². The Morgan fingerprint density at radius 1 is 1.23 bits per heavy atom. The Morgan fingerprint density at radius 2 is 2.10 bits per heavy atom. The summed E-state index contributed by atoms with van der Waals surface area (Å²) in [5, 5.41) is 3.70. The molecule has 1 atom stereocenters. The van der Waals surface area contributed by atoms with Gasteiger partial charge in [0.2, 0.25) is 0 Å². The third-order valence-corrected chi connectivity index (χ3v) is 5.55. The molecule has 0 aliphatic carbocycles. The van der Waals surface area contributed by atoms with Gasteiger partial charge in [-0.15, -0.1) is 11.3 Å². The number of thiophene rings is 1. The van der Waals surface area contributed by atoms with Crippen LogP contribution in [0.4, 0.5) is 15.9 Å². The highest BCUT2D eigenvalue weighted by Crippen LogP contribution is 2.33. The molecule has 0 amide bonds. The summed E-state index contributed by atoms with van der Waals surface area (Å²) in [6.07, 6.45) is 1.50. The molecule has 4 rings (SSSR count). The zero-order valence-corrected chi connectivity index (χ0v) is 18.1. The molecule has 0 saturated carbocycles. The van der Waals surface area contributed by atoms with Crippen LogP contribution < -0.4 is 15.8 Å². The predicted molar refractivity (Wildman–Crippen MR) is 123 cm³/mol. The average molecular weight is 453 g/mol. The van der Waals surface area contributed by atoms with Crippen molar-refractivity contribution in [3.05, 3.63) is 76.1 Å². The van der Waals surface area contributed by atoms with E-state index in [9.17, 15) is 4.39 Å². The molecule has 0 bridgehead atoms. The second kappa shape index (κ2) is 9.31. The number of halogens is 2. The second-order valence-electron chi connectivity index (χ2n) is 6.79. The van der Waals surface area contributed by atoms with Crippen molar-refractivity contribution in [1.82, 2.24) is 9.97 Å². The molecule has 1 unspecified atom stereocenters. The second-order valence-corrected chi connectivity index (χ2v) is 8.25. The molecule has 156 valence electrons. The Balaban J connectivity index is 1.51. The Labute approximate surface area is 188 Å². The van der Waals surface area contributed by atoms with Crippen LogP contribution in [0.25, 0.3) is 10.2 Å². The lowest BCUT2D eigenvalue weighted by molar-refractivity contribution is 0.306. The minimum absolute atomic E-state index is 0.197. The molecule has 0 radical (unpaired) electrons. The molecule has 2 heterocycles. The summed E-state index contributed by atoms with van der Waals surface area (Å²) >= 11 is 7.88. The number of benzene rings is 2. The Morgan fingerprint density at radius 3 is 2.87 bits per heavy atom. The first kappa shape index (κ1) is 21.1. The molecule has 31 heavy (non-hydrogen) atoms. The molecule has 2 aromatic heterocycles. The van der Waals surface area contributed by atoms with Crippen LogP contribution in [0.3, 0.4) is 0 Å². The molecule has 8 heteroatoms. The number of anilines is 2. The molecule has 0 fully saturated rings. The number of hydrogen-bond donors (Lipinski definition) is 2. The summed E-state index contributed by atoms with van der Waals surface area (Å²) < 4.78 is 19.9. The van der Waals surface area contributed by atoms with E-state index in [1.54, 1.807) is 24.3 Å². The van der Waals surface area contributed by atoms with Gasteiger partial charge in [-0.2, -0.15) is 0 Å². The summed E-state index contributed by atoms with van der Waals surface area (Å²) in [4.78, 5) is 9.53. The molecular formula is C23H18ClFN4OS. The van der Waals surface area contributed by atoms with Crippen molar-refractivity contribution in [3.63, 3.8) is 0 Å². The lowest BCUT2D eigenvalue weighted by Crippen LogP contribution is -2.10. The fourth-order valence-corrected chi connectivity index (χ4v) is 3.96. The summed E-state index contributed by atoms with van der Waals surface area (Å²) in [7, 11) is 0. The quantitative estimate of drug-likeness (QED) is 0.391. The predicted octanol–water partition coefficient (Wildman–Crippen LogP) is 5.51. The summed E-state index contributed by atoms with van der Waals surface area (Å²) in [5.41, 5.74) is 7.98. The minimum atomic E-state index is -0.303. The SMILES string of the molecule is CC(N)C#Cc1cc2ncnc(Nc3ccc(OCc4cccc(F)c4)c(Cl)c3)c2s1. The zero-order valence-electron chi connectivity index (χ0n) is 16.5. The Kier molecular flexibility index (Phi) is 6.33. The maximum absolute atomic E-state index is 13.3. The van der Waals surface area contributed by atoms with Crippen molar-refractivity contribution in [3.8, 4) is 17.6 Å². The number of aromatic nitrogens is 2. The van der Waals surface area contributed by atoms with Crippen molar-refractivity contribution in [2.24, 2.45) is 5.73 Å². The first-order chi connectivity index (χ1) is 15.0. The number of hydrogen-bond acceptors (Lipinski definition) is 6. The largest absolute Gasteiger partial charge is 0.487 e. The number of fused-ring (bicyclic) bond motifs is 1. The van der Waals surface area contributed by atoms with Gasteiger partial charge in [0, 0.05) is 5.69 Å². The normalized spacial score (nSPS) is 11.6. The van der Waals surface area contributed by atoms with Crippen LogP contribution in [0, 0.1) is 17.7 Å². The van der Waals surface area contributed by atoms with Crippen molar-refractivity contribution < 1.29 is 9.13 Å². The van der Waals surface area contributed by atoms with Crippen LogP contribution in [0.15, 0.2) is 54.9 Å². The third kappa shape index (κ3) is 5.30. The first-order valence-corrected chi connectivity index (χ1v) is 10.6. The standard InChI is InChI=1S/C23H18ClFN4OS/c1-14(26)5-7-18-11-20-22(31-18)23(28-13-27-20)29-17-6-8-21(19(24)10-17)30-12-15-3-2-4-16(25)9-15/h2-4,6,8-11,13-14H,12,26H2,1H3,(H,27,28,29). The number of ether oxygens (including phenoxy) is 1. The van der Waals surface area contributed by atoms with Gasteiger partial charge in [-0.25, -0.2) is 14.4 Å². The molecule has 2 aromatic carbocycles. The van der Waals surface area contributed by atoms with Crippen LogP contribution >= 0.6 is 22.9 Å². The van der Waals surface area contributed by atoms with Crippen molar-refractivity contribution in [2.75, 3.05) is 5.32 Å². The Hall–Kier alpha value is -3.18. The van der Waals surface area contributed by atoms with E-state index in [4.69, 9.17) is 22.1 Å². The fourth-order valence-electron chi connectivity index (χ4n) is 2.81. The van der Waals surface area contributed by atoms with Crippen molar-refractivity contribution in [2.45, 2.75) is 19.6 Å². The third-order valence-electron chi connectivity index (χ3n) is 4.21. The van der Waals surface area contributed by atoms with E-state index >= 15 is 0 Å². The maximum Gasteiger partial charge on any atom is 0.151 e. The monoisotopic (exact) mass is 452 g/mol. The summed E-state index contributed by atoms with van der Waals surface area (Å²) in [6.45, 7) is 2.06. The number of nitrogens with one attached hydrogen (secondary N) is 1. The molecule has 0 aliphatic rings. The highest BCUT2D eigenvalue weighted by molar-refractivity contribution is 7.20. The minimum Gasteiger partial charge on any atom is -0.487 e. The van der Waals surface area contributed by atoms with Crippen LogP contribution in [-0.2, 0) is 6.61 Å². The number of nitrogens with zero attached hydrogens (tertiary/aromatic N) is 2. The smallest absolute Gasteiger partial charge is 0.151 e. The number of nitrogens with two attached hydrogens (primary N) is 1. The van der Waals surface area contributed by atoms with Crippen molar-refractivity contribution >= 4 is 44.7 Å². The number of rotatable bonds is 5. The maximum atomic E-state index is 13.3. The summed E-state index contributed by atoms with van der Waals surface area (Å²) in [5.74, 6) is 6.87. The lowest BCUT2D eigenvalue weighted by Gasteiger charge is -2.11. The van der Waals surface area contributed by atoms with Crippen LogP contribution in [0.5, 0.6) is 5.75 Å². The molecule has 5 nitrogen and oxygen atoms in total. The van der Waals surface area contributed by atoms with Gasteiger partial charge in [-0.05, 0) is 48.9 Å².